The molecule has 4 heteroatoms. The number of hydrogen-bond acceptors (Lipinski definition) is 2. The highest BCUT2D eigenvalue weighted by Crippen LogP contribution is 2.01. The SMILES string of the molecule is C=CC(C)(C)NS(=O)[O-]. The summed E-state index contributed by atoms with van der Waals surface area (Å²) in [5.74, 6) is 0. The van der Waals surface area contributed by atoms with Gasteiger partial charge in [0.25, 0.3) is 0 Å². The van der Waals surface area contributed by atoms with Crippen LogP contribution in [0.3, 0.4) is 0 Å². The fraction of sp³-hybridized carbons (Fsp3) is 0.600. The molecule has 0 aromatic rings. The van der Waals surface area contributed by atoms with Crippen LogP contribution in [0.1, 0.15) is 13.8 Å². The molecule has 1 atom stereocenters. The lowest BCUT2D eigenvalue weighted by Gasteiger charge is -2.22. The van der Waals surface area contributed by atoms with Crippen LogP contribution >= 0.6 is 0 Å². The molecule has 0 aromatic carbocycles. The molecule has 0 aliphatic carbocycles. The van der Waals surface area contributed by atoms with Gasteiger partial charge in [-0.05, 0) is 13.8 Å². The Hall–Kier alpha value is -0.190. The molecule has 0 aliphatic heterocycles. The molecule has 0 rings (SSSR count). The summed E-state index contributed by atoms with van der Waals surface area (Å²) in [4.78, 5) is 0. The molecule has 0 fully saturated rings. The second-order valence-corrected chi connectivity index (χ2v) is 2.94. The van der Waals surface area contributed by atoms with Crippen molar-refractivity contribution in [3.63, 3.8) is 0 Å². The first-order valence-electron chi connectivity index (χ1n) is 2.48. The lowest BCUT2D eigenvalue weighted by Crippen LogP contribution is -2.37. The van der Waals surface area contributed by atoms with Gasteiger partial charge < -0.3 is 4.55 Å². The molecule has 54 valence electrons. The Kier molecular flexibility index (Phi) is 3.03. The first-order valence-corrected chi connectivity index (χ1v) is 3.56. The van der Waals surface area contributed by atoms with Crippen LogP contribution in [0, 0.1) is 0 Å². The molecular weight excluding hydrogens is 138 g/mol. The van der Waals surface area contributed by atoms with Crippen molar-refractivity contribution in [1.29, 1.82) is 0 Å². The number of rotatable bonds is 3. The molecule has 0 radical (unpaired) electrons. The lowest BCUT2D eigenvalue weighted by atomic mass is 10.1. The standard InChI is InChI=1S/C5H11NO2S/c1-4-5(2,3)6-9(7)8/h4,6H,1H2,2-3H3,(H,7,8)/p-1. The third kappa shape index (κ3) is 4.32. The molecule has 0 saturated heterocycles. The van der Waals surface area contributed by atoms with E-state index in [0.717, 1.165) is 0 Å². The van der Waals surface area contributed by atoms with Gasteiger partial charge in [0.05, 0.1) is 0 Å². The molecule has 0 aromatic heterocycles. The zero-order valence-corrected chi connectivity index (χ0v) is 6.33. The maximum atomic E-state index is 10.0. The molecule has 0 aliphatic rings. The summed E-state index contributed by atoms with van der Waals surface area (Å²) >= 11 is -2.21. The molecule has 9 heavy (non-hydrogen) atoms. The maximum Gasteiger partial charge on any atom is 0.0415 e. The van der Waals surface area contributed by atoms with E-state index in [2.05, 4.69) is 11.3 Å². The monoisotopic (exact) mass is 148 g/mol. The Morgan fingerprint density at radius 2 is 2.22 bits per heavy atom. The molecule has 1 N–H and O–H groups in total. The highest BCUT2D eigenvalue weighted by atomic mass is 32.2. The molecule has 0 bridgehead atoms. The molecule has 0 spiro atoms. The summed E-state index contributed by atoms with van der Waals surface area (Å²) < 4.78 is 22.3. The van der Waals surface area contributed by atoms with Crippen molar-refractivity contribution in [3.05, 3.63) is 12.7 Å². The van der Waals surface area contributed by atoms with Crippen LogP contribution in [0.4, 0.5) is 0 Å². The molecule has 1 unspecified atom stereocenters. The summed E-state index contributed by atoms with van der Waals surface area (Å²) in [7, 11) is 0. The summed E-state index contributed by atoms with van der Waals surface area (Å²) in [5, 5.41) is 0. The van der Waals surface area contributed by atoms with Gasteiger partial charge in [0.2, 0.25) is 0 Å². The molecule has 0 amide bonds. The van der Waals surface area contributed by atoms with Crippen LogP contribution in [-0.4, -0.2) is 14.3 Å². The Balaban J connectivity index is 3.86. The maximum absolute atomic E-state index is 10.0. The van der Waals surface area contributed by atoms with E-state index in [-0.39, 0.29) is 0 Å². The van der Waals surface area contributed by atoms with E-state index >= 15 is 0 Å². The van der Waals surface area contributed by atoms with Crippen molar-refractivity contribution < 1.29 is 8.76 Å². The summed E-state index contributed by atoms with van der Waals surface area (Å²) in [6.45, 7) is 6.89. The minimum absolute atomic E-state index is 0.535. The minimum Gasteiger partial charge on any atom is -0.760 e. The Morgan fingerprint density at radius 3 is 2.33 bits per heavy atom. The van der Waals surface area contributed by atoms with Crippen LogP contribution in [0.2, 0.25) is 0 Å². The van der Waals surface area contributed by atoms with E-state index in [1.807, 2.05) is 0 Å². The highest BCUT2D eigenvalue weighted by Gasteiger charge is 2.10. The predicted octanol–water partition coefficient (Wildman–Crippen LogP) is 0.335. The van der Waals surface area contributed by atoms with Gasteiger partial charge in [0.1, 0.15) is 0 Å². The Morgan fingerprint density at radius 1 is 1.78 bits per heavy atom. The first-order chi connectivity index (χ1) is 3.98. The van der Waals surface area contributed by atoms with Gasteiger partial charge in [-0.25, -0.2) is 4.72 Å². The van der Waals surface area contributed by atoms with E-state index in [1.165, 1.54) is 6.08 Å². The Labute approximate surface area is 57.6 Å². The minimum atomic E-state index is -2.21. The normalized spacial score (nSPS) is 15.0. The summed E-state index contributed by atoms with van der Waals surface area (Å²) in [6.07, 6.45) is 1.53. The second-order valence-electron chi connectivity index (χ2n) is 2.26. The van der Waals surface area contributed by atoms with Gasteiger partial charge in [-0.2, -0.15) is 0 Å². The van der Waals surface area contributed by atoms with Crippen LogP contribution in [0.5, 0.6) is 0 Å². The molecule has 3 nitrogen and oxygen atoms in total. The smallest absolute Gasteiger partial charge is 0.0415 e. The van der Waals surface area contributed by atoms with E-state index in [9.17, 15) is 8.76 Å². The van der Waals surface area contributed by atoms with Gasteiger partial charge in [-0.15, -0.1) is 6.58 Å². The number of nitrogens with one attached hydrogen (secondary N) is 1. The second kappa shape index (κ2) is 3.10. The van der Waals surface area contributed by atoms with Gasteiger partial charge in [-0.1, -0.05) is 6.08 Å². The predicted molar refractivity (Wildman–Crippen MR) is 36.3 cm³/mol. The van der Waals surface area contributed by atoms with Crippen LogP contribution < -0.4 is 4.72 Å². The van der Waals surface area contributed by atoms with Gasteiger partial charge in [0, 0.05) is 16.8 Å². The molecule has 0 heterocycles. The van der Waals surface area contributed by atoms with Crippen molar-refractivity contribution in [3.8, 4) is 0 Å². The third-order valence-electron chi connectivity index (χ3n) is 0.857. The van der Waals surface area contributed by atoms with Gasteiger partial charge in [0.15, 0.2) is 0 Å². The van der Waals surface area contributed by atoms with Crippen molar-refractivity contribution in [2.45, 2.75) is 19.4 Å². The van der Waals surface area contributed by atoms with Crippen molar-refractivity contribution in [2.75, 3.05) is 0 Å². The van der Waals surface area contributed by atoms with Crippen molar-refractivity contribution >= 4 is 11.3 Å². The van der Waals surface area contributed by atoms with E-state index in [4.69, 9.17) is 0 Å². The Bertz CT molecular complexity index is 133. The zero-order chi connectivity index (χ0) is 7.49. The van der Waals surface area contributed by atoms with Crippen LogP contribution in [0.25, 0.3) is 0 Å². The van der Waals surface area contributed by atoms with Gasteiger partial charge in [-0.3, -0.25) is 4.21 Å². The fourth-order valence-electron chi connectivity index (χ4n) is 0.256. The van der Waals surface area contributed by atoms with Gasteiger partial charge >= 0.3 is 0 Å². The molecular formula is C5H10NO2S-. The van der Waals surface area contributed by atoms with Crippen LogP contribution in [-0.2, 0) is 11.3 Å². The van der Waals surface area contributed by atoms with Crippen molar-refractivity contribution in [2.24, 2.45) is 0 Å². The number of hydrogen-bond donors (Lipinski definition) is 1. The first kappa shape index (κ1) is 8.81. The highest BCUT2D eigenvalue weighted by molar-refractivity contribution is 7.77. The van der Waals surface area contributed by atoms with E-state index in [0.29, 0.717) is 0 Å². The average Bonchev–Trinajstić information content (AvgIpc) is 1.63. The quantitative estimate of drug-likeness (QED) is 0.463. The topological polar surface area (TPSA) is 52.2 Å². The molecule has 0 saturated carbocycles. The average molecular weight is 148 g/mol. The fourth-order valence-corrected chi connectivity index (χ4v) is 0.769. The van der Waals surface area contributed by atoms with E-state index in [1.54, 1.807) is 13.8 Å². The van der Waals surface area contributed by atoms with Crippen LogP contribution in [0.15, 0.2) is 12.7 Å². The van der Waals surface area contributed by atoms with Crippen molar-refractivity contribution in [1.82, 2.24) is 4.72 Å². The lowest BCUT2D eigenvalue weighted by molar-refractivity contribution is 0.488. The largest absolute Gasteiger partial charge is 0.760 e. The zero-order valence-electron chi connectivity index (χ0n) is 5.51. The van der Waals surface area contributed by atoms with E-state index < -0.39 is 16.8 Å². The third-order valence-corrected chi connectivity index (χ3v) is 1.55. The summed E-state index contributed by atoms with van der Waals surface area (Å²) in [6, 6.07) is 0. The summed E-state index contributed by atoms with van der Waals surface area (Å²) in [5.41, 5.74) is -0.535.